The van der Waals surface area contributed by atoms with Gasteiger partial charge in [-0.2, -0.15) is 0 Å². The van der Waals surface area contributed by atoms with E-state index in [4.69, 9.17) is 0 Å². The highest BCUT2D eigenvalue weighted by Gasteiger charge is 2.35. The zero-order valence-electron chi connectivity index (χ0n) is 12.8. The summed E-state index contributed by atoms with van der Waals surface area (Å²) in [4.78, 5) is 0. The van der Waals surface area contributed by atoms with Crippen LogP contribution >= 0.6 is 0 Å². The maximum absolute atomic E-state index is 4.12. The molecule has 1 N–H and O–H groups in total. The van der Waals surface area contributed by atoms with Gasteiger partial charge >= 0.3 is 0 Å². The third-order valence-corrected chi connectivity index (χ3v) is 5.60. The molecule has 4 nitrogen and oxygen atoms in total. The zero-order valence-corrected chi connectivity index (χ0v) is 12.8. The Morgan fingerprint density at radius 3 is 2.60 bits per heavy atom. The van der Waals surface area contributed by atoms with Crippen molar-refractivity contribution in [2.24, 2.45) is 18.4 Å². The molecule has 2 saturated carbocycles. The molecule has 4 heteroatoms. The maximum atomic E-state index is 4.12. The van der Waals surface area contributed by atoms with E-state index in [1.54, 1.807) is 6.33 Å². The van der Waals surface area contributed by atoms with E-state index >= 15 is 0 Å². The number of nitrogens with zero attached hydrogens (tertiary/aromatic N) is 3. The lowest BCUT2D eigenvalue weighted by Crippen LogP contribution is -2.33. The Balaban J connectivity index is 1.39. The van der Waals surface area contributed by atoms with Gasteiger partial charge < -0.3 is 9.88 Å². The van der Waals surface area contributed by atoms with Gasteiger partial charge in [-0.1, -0.05) is 19.3 Å². The van der Waals surface area contributed by atoms with Crippen molar-refractivity contribution in [1.29, 1.82) is 0 Å². The first-order chi connectivity index (χ1) is 9.77. The fourth-order valence-electron chi connectivity index (χ4n) is 4.15. The molecule has 20 heavy (non-hydrogen) atoms. The van der Waals surface area contributed by atoms with Gasteiger partial charge in [-0.05, 0) is 56.4 Å². The highest BCUT2D eigenvalue weighted by atomic mass is 15.3. The Labute approximate surface area is 122 Å². The van der Waals surface area contributed by atoms with Gasteiger partial charge in [0.15, 0.2) is 0 Å². The Hall–Kier alpha value is -0.900. The molecule has 0 aromatic carbocycles. The van der Waals surface area contributed by atoms with E-state index in [2.05, 4.69) is 15.5 Å². The molecule has 112 valence electrons. The average molecular weight is 276 g/mol. The van der Waals surface area contributed by atoms with Crippen LogP contribution in [0.1, 0.15) is 63.6 Å². The molecule has 2 fully saturated rings. The lowest BCUT2D eigenvalue weighted by Gasteiger charge is -2.43. The van der Waals surface area contributed by atoms with Crippen LogP contribution in [0, 0.1) is 11.3 Å². The van der Waals surface area contributed by atoms with Crippen LogP contribution in [-0.2, 0) is 13.6 Å². The summed E-state index contributed by atoms with van der Waals surface area (Å²) in [5, 5.41) is 11.6. The summed E-state index contributed by atoms with van der Waals surface area (Å²) in [6.45, 7) is 1.99. The molecule has 1 aromatic rings. The van der Waals surface area contributed by atoms with E-state index < -0.39 is 0 Å². The fraction of sp³-hybridized carbons (Fsp3) is 0.875. The molecule has 0 bridgehead atoms. The Kier molecular flexibility index (Phi) is 4.39. The van der Waals surface area contributed by atoms with E-state index in [0.717, 1.165) is 30.2 Å². The van der Waals surface area contributed by atoms with Crippen LogP contribution in [0.15, 0.2) is 6.33 Å². The van der Waals surface area contributed by atoms with E-state index in [0.29, 0.717) is 0 Å². The SMILES string of the molecule is Cn1cnnc1CNCC1CCC2(CCCCC2)CC1. The summed E-state index contributed by atoms with van der Waals surface area (Å²) in [7, 11) is 2.00. The largest absolute Gasteiger partial charge is 0.320 e. The minimum Gasteiger partial charge on any atom is -0.320 e. The van der Waals surface area contributed by atoms with Crippen LogP contribution in [0.3, 0.4) is 0 Å². The number of aromatic nitrogens is 3. The first kappa shape index (κ1) is 14.1. The van der Waals surface area contributed by atoms with Gasteiger partial charge in [-0.25, -0.2) is 0 Å². The standard InChI is InChI=1S/C16H28N4/c1-20-13-18-19-15(20)12-17-11-14-5-9-16(10-6-14)7-3-2-4-8-16/h13-14,17H,2-12H2,1H3. The van der Waals surface area contributed by atoms with Crippen molar-refractivity contribution in [3.63, 3.8) is 0 Å². The van der Waals surface area contributed by atoms with Crippen LogP contribution in [0.2, 0.25) is 0 Å². The average Bonchev–Trinajstić information content (AvgIpc) is 2.88. The molecule has 2 aliphatic carbocycles. The van der Waals surface area contributed by atoms with Crippen LogP contribution < -0.4 is 5.32 Å². The number of hydrogen-bond acceptors (Lipinski definition) is 3. The molecule has 0 unspecified atom stereocenters. The highest BCUT2D eigenvalue weighted by molar-refractivity contribution is 4.89. The lowest BCUT2D eigenvalue weighted by atomic mass is 9.63. The molecule has 1 aromatic heterocycles. The normalized spacial score (nSPS) is 23.2. The maximum Gasteiger partial charge on any atom is 0.146 e. The molecule has 0 atom stereocenters. The molecular weight excluding hydrogens is 248 g/mol. The van der Waals surface area contributed by atoms with E-state index in [-0.39, 0.29) is 0 Å². The molecule has 3 rings (SSSR count). The smallest absolute Gasteiger partial charge is 0.146 e. The van der Waals surface area contributed by atoms with Crippen LogP contribution in [0.4, 0.5) is 0 Å². The monoisotopic (exact) mass is 276 g/mol. The second-order valence-electron chi connectivity index (χ2n) is 6.99. The number of rotatable bonds is 4. The molecule has 1 heterocycles. The molecule has 0 amide bonds. The number of nitrogens with one attached hydrogen (secondary N) is 1. The summed E-state index contributed by atoms with van der Waals surface area (Å²) in [5.41, 5.74) is 0.748. The summed E-state index contributed by atoms with van der Waals surface area (Å²) in [5.74, 6) is 1.90. The minimum absolute atomic E-state index is 0.748. The molecule has 0 aliphatic heterocycles. The number of hydrogen-bond donors (Lipinski definition) is 1. The summed E-state index contributed by atoms with van der Waals surface area (Å²) >= 11 is 0. The van der Waals surface area contributed by atoms with Gasteiger partial charge in [-0.15, -0.1) is 10.2 Å². The second kappa shape index (κ2) is 6.25. The topological polar surface area (TPSA) is 42.7 Å². The Bertz CT molecular complexity index is 410. The molecular formula is C16H28N4. The van der Waals surface area contributed by atoms with E-state index in [1.165, 1.54) is 57.8 Å². The van der Waals surface area contributed by atoms with Gasteiger partial charge in [-0.3, -0.25) is 0 Å². The van der Waals surface area contributed by atoms with Gasteiger partial charge in [0.05, 0.1) is 6.54 Å². The molecule has 0 radical (unpaired) electrons. The zero-order chi connectivity index (χ0) is 13.8. The van der Waals surface area contributed by atoms with E-state index in [9.17, 15) is 0 Å². The van der Waals surface area contributed by atoms with Crippen molar-refractivity contribution >= 4 is 0 Å². The van der Waals surface area contributed by atoms with Gasteiger partial charge in [0.1, 0.15) is 12.2 Å². The third-order valence-electron chi connectivity index (χ3n) is 5.60. The Morgan fingerprint density at radius 1 is 1.20 bits per heavy atom. The second-order valence-corrected chi connectivity index (χ2v) is 6.99. The predicted octanol–water partition coefficient (Wildman–Crippen LogP) is 3.05. The fourth-order valence-corrected chi connectivity index (χ4v) is 4.15. The van der Waals surface area contributed by atoms with Crippen LogP contribution in [-0.4, -0.2) is 21.3 Å². The lowest BCUT2D eigenvalue weighted by molar-refractivity contribution is 0.0965. The first-order valence-corrected chi connectivity index (χ1v) is 8.31. The predicted molar refractivity (Wildman–Crippen MR) is 80.2 cm³/mol. The van der Waals surface area contributed by atoms with Crippen LogP contribution in [0.5, 0.6) is 0 Å². The van der Waals surface area contributed by atoms with Crippen molar-refractivity contribution in [3.8, 4) is 0 Å². The quantitative estimate of drug-likeness (QED) is 0.919. The van der Waals surface area contributed by atoms with Crippen LogP contribution in [0.25, 0.3) is 0 Å². The van der Waals surface area contributed by atoms with Gasteiger partial charge in [0.25, 0.3) is 0 Å². The van der Waals surface area contributed by atoms with E-state index in [1.807, 2.05) is 11.6 Å². The highest BCUT2D eigenvalue weighted by Crippen LogP contribution is 2.48. The van der Waals surface area contributed by atoms with Crippen molar-refractivity contribution < 1.29 is 0 Å². The first-order valence-electron chi connectivity index (χ1n) is 8.31. The van der Waals surface area contributed by atoms with Crippen molar-refractivity contribution in [1.82, 2.24) is 20.1 Å². The third kappa shape index (κ3) is 3.22. The summed E-state index contributed by atoms with van der Waals surface area (Å²) in [6, 6.07) is 0. The van der Waals surface area contributed by atoms with Gasteiger partial charge in [0.2, 0.25) is 0 Å². The molecule has 2 aliphatic rings. The molecule has 0 saturated heterocycles. The van der Waals surface area contributed by atoms with Crippen molar-refractivity contribution in [3.05, 3.63) is 12.2 Å². The van der Waals surface area contributed by atoms with Gasteiger partial charge in [0, 0.05) is 7.05 Å². The Morgan fingerprint density at radius 2 is 1.95 bits per heavy atom. The summed E-state index contributed by atoms with van der Waals surface area (Å²) < 4.78 is 1.99. The summed E-state index contributed by atoms with van der Waals surface area (Å²) in [6.07, 6.45) is 15.0. The van der Waals surface area contributed by atoms with Crippen molar-refractivity contribution in [2.75, 3.05) is 6.54 Å². The van der Waals surface area contributed by atoms with Crippen molar-refractivity contribution in [2.45, 2.75) is 64.3 Å². The number of aryl methyl sites for hydroxylation is 1. The molecule has 1 spiro atoms. The minimum atomic E-state index is 0.748.